The Morgan fingerprint density at radius 2 is 1.75 bits per heavy atom. The lowest BCUT2D eigenvalue weighted by Crippen LogP contribution is -2.26. The molecule has 1 aliphatic rings. The Morgan fingerprint density at radius 3 is 2.30 bits per heavy atom. The minimum atomic E-state index is -0.668. The van der Waals surface area contributed by atoms with Crippen molar-refractivity contribution in [2.75, 3.05) is 24.7 Å². The fourth-order valence-corrected chi connectivity index (χ4v) is 3.66. The standard InChI is InChI=1S/C15H21O4S/c1-15(2,3)19-14(16)18-12-4-6-13(7-5-12)20-10-8-17-9-11-20/h4-7H,8-11H2,1-3H3/q+1. The molecule has 0 aliphatic carbocycles. The first-order valence-corrected chi connectivity index (χ1v) is 8.26. The average Bonchev–Trinajstić information content (AvgIpc) is 2.38. The third-order valence-electron chi connectivity index (χ3n) is 2.70. The van der Waals surface area contributed by atoms with Crippen LogP contribution in [0.15, 0.2) is 29.2 Å². The van der Waals surface area contributed by atoms with Crippen molar-refractivity contribution in [1.29, 1.82) is 0 Å². The van der Waals surface area contributed by atoms with Crippen LogP contribution >= 0.6 is 0 Å². The van der Waals surface area contributed by atoms with Gasteiger partial charge in [0.05, 0.1) is 13.2 Å². The number of benzene rings is 1. The summed E-state index contributed by atoms with van der Waals surface area (Å²) in [4.78, 5) is 12.9. The van der Waals surface area contributed by atoms with Gasteiger partial charge in [-0.05, 0) is 45.0 Å². The van der Waals surface area contributed by atoms with Crippen molar-refractivity contribution in [1.82, 2.24) is 0 Å². The molecular weight excluding hydrogens is 276 g/mol. The van der Waals surface area contributed by atoms with Crippen LogP contribution in [-0.2, 0) is 20.4 Å². The van der Waals surface area contributed by atoms with Crippen molar-refractivity contribution in [2.45, 2.75) is 31.3 Å². The second-order valence-corrected chi connectivity index (χ2v) is 7.82. The third-order valence-corrected chi connectivity index (χ3v) is 4.95. The SMILES string of the molecule is CC(C)(C)OC(=O)Oc1ccc([S+]2CCOCC2)cc1. The monoisotopic (exact) mass is 297 g/mol. The van der Waals surface area contributed by atoms with E-state index in [9.17, 15) is 4.79 Å². The Morgan fingerprint density at radius 1 is 1.15 bits per heavy atom. The van der Waals surface area contributed by atoms with Crippen LogP contribution in [0.2, 0.25) is 0 Å². The van der Waals surface area contributed by atoms with Crippen LogP contribution < -0.4 is 4.74 Å². The minimum absolute atomic E-state index is 0.258. The summed E-state index contributed by atoms with van der Waals surface area (Å²) in [6, 6.07) is 7.69. The van der Waals surface area contributed by atoms with E-state index in [1.165, 1.54) is 4.90 Å². The summed E-state index contributed by atoms with van der Waals surface area (Å²) in [6.07, 6.45) is -0.668. The molecule has 4 nitrogen and oxygen atoms in total. The van der Waals surface area contributed by atoms with Crippen molar-refractivity contribution in [3.05, 3.63) is 24.3 Å². The predicted octanol–water partition coefficient (Wildman–Crippen LogP) is 3.01. The molecule has 0 bridgehead atoms. The minimum Gasteiger partial charge on any atom is -0.428 e. The lowest BCUT2D eigenvalue weighted by atomic mass is 10.2. The zero-order valence-corrected chi connectivity index (χ0v) is 13.0. The fourth-order valence-electron chi connectivity index (χ4n) is 1.83. The smallest absolute Gasteiger partial charge is 0.428 e. The van der Waals surface area contributed by atoms with Crippen molar-refractivity contribution >= 4 is 17.1 Å². The molecule has 0 amide bonds. The summed E-state index contributed by atoms with van der Waals surface area (Å²) in [7, 11) is 0.258. The van der Waals surface area contributed by atoms with Crippen LogP contribution in [0.1, 0.15) is 20.8 Å². The second-order valence-electron chi connectivity index (χ2n) is 5.55. The summed E-state index contributed by atoms with van der Waals surface area (Å²) < 4.78 is 15.6. The molecule has 0 spiro atoms. The van der Waals surface area contributed by atoms with Gasteiger partial charge in [-0.3, -0.25) is 0 Å². The van der Waals surface area contributed by atoms with Crippen LogP contribution in [0.25, 0.3) is 0 Å². The molecule has 1 fully saturated rings. The van der Waals surface area contributed by atoms with Crippen molar-refractivity contribution < 1.29 is 19.0 Å². The first-order chi connectivity index (χ1) is 9.44. The molecule has 1 aromatic carbocycles. The average molecular weight is 297 g/mol. The molecule has 1 saturated heterocycles. The van der Waals surface area contributed by atoms with Crippen LogP contribution in [0.5, 0.6) is 5.75 Å². The van der Waals surface area contributed by atoms with Crippen LogP contribution in [0, 0.1) is 0 Å². The Kier molecular flexibility index (Phi) is 4.94. The van der Waals surface area contributed by atoms with E-state index in [0.29, 0.717) is 5.75 Å². The summed E-state index contributed by atoms with van der Waals surface area (Å²) in [5.74, 6) is 2.67. The maximum absolute atomic E-state index is 11.6. The zero-order valence-electron chi connectivity index (χ0n) is 12.2. The van der Waals surface area contributed by atoms with Gasteiger partial charge in [-0.2, -0.15) is 0 Å². The molecule has 0 unspecified atom stereocenters. The molecule has 0 atom stereocenters. The van der Waals surface area contributed by atoms with E-state index in [1.54, 1.807) is 0 Å². The van der Waals surface area contributed by atoms with E-state index in [1.807, 2.05) is 45.0 Å². The summed E-state index contributed by atoms with van der Waals surface area (Å²) >= 11 is 0. The van der Waals surface area contributed by atoms with Crippen LogP contribution in [-0.4, -0.2) is 36.5 Å². The first-order valence-electron chi connectivity index (χ1n) is 6.70. The van der Waals surface area contributed by atoms with Crippen molar-refractivity contribution in [2.24, 2.45) is 0 Å². The van der Waals surface area contributed by atoms with Gasteiger partial charge in [-0.1, -0.05) is 0 Å². The van der Waals surface area contributed by atoms with Gasteiger partial charge in [0.1, 0.15) is 22.9 Å². The topological polar surface area (TPSA) is 44.8 Å². The number of rotatable bonds is 2. The lowest BCUT2D eigenvalue weighted by Gasteiger charge is -2.18. The third kappa shape index (κ3) is 4.72. The molecule has 1 aromatic rings. The largest absolute Gasteiger partial charge is 0.514 e. The molecule has 1 heterocycles. The quantitative estimate of drug-likeness (QED) is 0.478. The van der Waals surface area contributed by atoms with Crippen LogP contribution in [0.3, 0.4) is 0 Å². The molecule has 20 heavy (non-hydrogen) atoms. The predicted molar refractivity (Wildman–Crippen MR) is 79.5 cm³/mol. The maximum Gasteiger partial charge on any atom is 0.514 e. The van der Waals surface area contributed by atoms with Gasteiger partial charge in [-0.15, -0.1) is 0 Å². The molecule has 0 radical (unpaired) electrons. The number of hydrogen-bond donors (Lipinski definition) is 0. The van der Waals surface area contributed by atoms with Gasteiger partial charge in [0, 0.05) is 10.9 Å². The number of ether oxygens (including phenoxy) is 3. The van der Waals surface area contributed by atoms with Gasteiger partial charge in [0.25, 0.3) is 0 Å². The molecular formula is C15H21O4S+. The van der Waals surface area contributed by atoms with E-state index in [-0.39, 0.29) is 10.9 Å². The molecule has 2 rings (SSSR count). The number of hydrogen-bond acceptors (Lipinski definition) is 4. The van der Waals surface area contributed by atoms with E-state index in [0.717, 1.165) is 24.7 Å². The highest BCUT2D eigenvalue weighted by molar-refractivity contribution is 7.97. The van der Waals surface area contributed by atoms with Crippen molar-refractivity contribution in [3.8, 4) is 5.75 Å². The highest BCUT2D eigenvalue weighted by atomic mass is 32.2. The Balaban J connectivity index is 1.92. The Bertz CT molecular complexity index is 444. The highest BCUT2D eigenvalue weighted by Crippen LogP contribution is 2.21. The fraction of sp³-hybridized carbons (Fsp3) is 0.533. The molecule has 1 aliphatic heterocycles. The van der Waals surface area contributed by atoms with Gasteiger partial charge in [0.2, 0.25) is 0 Å². The van der Waals surface area contributed by atoms with Gasteiger partial charge >= 0.3 is 6.16 Å². The van der Waals surface area contributed by atoms with Crippen LogP contribution in [0.4, 0.5) is 4.79 Å². The number of carbonyl (C=O) groups is 1. The number of carbonyl (C=O) groups excluding carboxylic acids is 1. The summed E-state index contributed by atoms with van der Waals surface area (Å²) in [5, 5.41) is 0. The first kappa shape index (κ1) is 15.2. The molecule has 5 heteroatoms. The highest BCUT2D eigenvalue weighted by Gasteiger charge is 2.25. The molecule has 0 saturated carbocycles. The van der Waals surface area contributed by atoms with Crippen molar-refractivity contribution in [3.63, 3.8) is 0 Å². The summed E-state index contributed by atoms with van der Waals surface area (Å²) in [5.41, 5.74) is -0.541. The Hall–Kier alpha value is -1.20. The molecule has 110 valence electrons. The van der Waals surface area contributed by atoms with Gasteiger partial charge < -0.3 is 14.2 Å². The summed E-state index contributed by atoms with van der Waals surface area (Å²) in [6.45, 7) is 7.09. The van der Waals surface area contributed by atoms with E-state index >= 15 is 0 Å². The zero-order chi connectivity index (χ0) is 14.6. The Labute approximate surface area is 122 Å². The van der Waals surface area contributed by atoms with Gasteiger partial charge in [0.15, 0.2) is 4.90 Å². The lowest BCUT2D eigenvalue weighted by molar-refractivity contribution is 0.0206. The van der Waals surface area contributed by atoms with Gasteiger partial charge in [-0.25, -0.2) is 4.79 Å². The van der Waals surface area contributed by atoms with E-state index in [4.69, 9.17) is 14.2 Å². The normalized spacial score (nSPS) is 16.8. The van der Waals surface area contributed by atoms with E-state index in [2.05, 4.69) is 0 Å². The maximum atomic E-state index is 11.6. The van der Waals surface area contributed by atoms with E-state index < -0.39 is 11.8 Å². The molecule has 0 N–H and O–H groups in total. The molecule has 0 aromatic heterocycles. The second kappa shape index (κ2) is 6.50.